The Kier molecular flexibility index (Phi) is 4.66. The zero-order chi connectivity index (χ0) is 21.3. The molecule has 2 heterocycles. The second-order valence-electron chi connectivity index (χ2n) is 6.79. The highest BCUT2D eigenvalue weighted by atomic mass is 35.5. The maximum Gasteiger partial charge on any atom is 0.303 e. The number of benzene rings is 1. The van der Waals surface area contributed by atoms with Crippen molar-refractivity contribution in [2.24, 2.45) is 5.92 Å². The summed E-state index contributed by atoms with van der Waals surface area (Å²) >= 11 is 6.15. The number of carboxylic acids is 1. The molecule has 1 atom stereocenters. The van der Waals surface area contributed by atoms with Gasteiger partial charge in [0, 0.05) is 23.4 Å². The zero-order valence-electron chi connectivity index (χ0n) is 17.0. The van der Waals surface area contributed by atoms with Crippen LogP contribution in [0, 0.1) is 5.92 Å². The van der Waals surface area contributed by atoms with Gasteiger partial charge in [-0.05, 0) is 49.0 Å². The molecular weight excluding hydrogens is 378 g/mol. The van der Waals surface area contributed by atoms with E-state index in [4.69, 9.17) is 28.6 Å². The van der Waals surface area contributed by atoms with Crippen LogP contribution in [0.2, 0.25) is 5.02 Å². The number of hydrogen-bond donors (Lipinski definition) is 1. The van der Waals surface area contributed by atoms with Crippen LogP contribution in [-0.2, 0) is 11.4 Å². The summed E-state index contributed by atoms with van der Waals surface area (Å²) < 4.78 is 27.9. The van der Waals surface area contributed by atoms with Gasteiger partial charge in [0.05, 0.1) is 19.7 Å². The molecule has 0 fully saturated rings. The van der Waals surface area contributed by atoms with Crippen LogP contribution < -0.4 is 4.74 Å². The van der Waals surface area contributed by atoms with Crippen molar-refractivity contribution in [3.8, 4) is 5.88 Å². The van der Waals surface area contributed by atoms with Crippen LogP contribution in [0.5, 0.6) is 5.88 Å². The Balaban J connectivity index is 1.56. The van der Waals surface area contributed by atoms with Gasteiger partial charge >= 0.3 is 5.97 Å². The molecule has 1 N–H and O–H groups in total. The number of ether oxygens (including phenoxy) is 1. The van der Waals surface area contributed by atoms with Gasteiger partial charge in [0.25, 0.3) is 0 Å². The first-order chi connectivity index (χ1) is 14.3. The number of rotatable bonds is 6. The quantitative estimate of drug-likeness (QED) is 0.574. The minimum Gasteiger partial charge on any atom is -0.481 e. The number of fused-ring (bicyclic) bond motifs is 1. The highest BCUT2D eigenvalue weighted by Gasteiger charge is 2.19. The molecule has 0 amide bonds. The van der Waals surface area contributed by atoms with Crippen LogP contribution >= 0.6 is 11.6 Å². The molecule has 28 heavy (non-hydrogen) atoms. The zero-order valence-corrected chi connectivity index (χ0v) is 15.8. The van der Waals surface area contributed by atoms with Gasteiger partial charge in [-0.3, -0.25) is 4.79 Å². The van der Waals surface area contributed by atoms with Crippen LogP contribution in [-0.4, -0.2) is 16.1 Å². The number of aromatic nitrogens is 1. The van der Waals surface area contributed by atoms with Crippen molar-refractivity contribution >= 4 is 34.1 Å². The molecule has 1 aliphatic carbocycles. The van der Waals surface area contributed by atoms with E-state index in [9.17, 15) is 4.79 Å². The van der Waals surface area contributed by atoms with E-state index in [2.05, 4.69) is 4.98 Å². The van der Waals surface area contributed by atoms with Crippen LogP contribution in [0.25, 0.3) is 16.5 Å². The first kappa shape index (κ1) is 16.2. The topological polar surface area (TPSA) is 72.6 Å². The summed E-state index contributed by atoms with van der Waals surface area (Å²) in [7, 11) is 0. The van der Waals surface area contributed by atoms with Crippen LogP contribution in [0.1, 0.15) is 39.7 Å². The van der Waals surface area contributed by atoms with Crippen LogP contribution in [0.4, 0.5) is 0 Å². The number of carbonyl (C=O) groups is 1. The average Bonchev–Trinajstić information content (AvgIpc) is 3.18. The van der Waals surface area contributed by atoms with Gasteiger partial charge in [0.2, 0.25) is 5.88 Å². The normalized spacial score (nSPS) is 18.3. The summed E-state index contributed by atoms with van der Waals surface area (Å²) in [5.41, 5.74) is 2.29. The largest absolute Gasteiger partial charge is 0.481 e. The van der Waals surface area contributed by atoms with Crippen molar-refractivity contribution in [3.63, 3.8) is 0 Å². The maximum atomic E-state index is 10.9. The lowest BCUT2D eigenvalue weighted by molar-refractivity contribution is -0.138. The average molecular weight is 400 g/mol. The molecule has 5 nitrogen and oxygen atoms in total. The maximum absolute atomic E-state index is 10.9. The SMILES string of the molecule is [2H]C([2H])(Oc1cccc(C2=CCC(CC(=O)O)CC2)n1)c1ccc(Cl)c2ccoc12. The number of nitrogens with zero attached hydrogens (tertiary/aromatic N) is 1. The number of halogens is 1. The number of aliphatic carboxylic acids is 1. The van der Waals surface area contributed by atoms with Crippen LogP contribution in [0.15, 0.2) is 53.2 Å². The first-order valence-corrected chi connectivity index (χ1v) is 9.45. The highest BCUT2D eigenvalue weighted by molar-refractivity contribution is 6.35. The minimum atomic E-state index is -2.18. The van der Waals surface area contributed by atoms with Crippen LogP contribution in [0.3, 0.4) is 0 Å². The van der Waals surface area contributed by atoms with Crippen molar-refractivity contribution in [1.29, 1.82) is 0 Å². The fourth-order valence-corrected chi connectivity index (χ4v) is 3.63. The van der Waals surface area contributed by atoms with Crippen molar-refractivity contribution in [1.82, 2.24) is 4.98 Å². The Morgan fingerprint density at radius 2 is 2.25 bits per heavy atom. The third kappa shape index (κ3) is 4.04. The minimum absolute atomic E-state index is 0.139. The Morgan fingerprint density at radius 3 is 3.04 bits per heavy atom. The predicted molar refractivity (Wildman–Crippen MR) is 107 cm³/mol. The highest BCUT2D eigenvalue weighted by Crippen LogP contribution is 2.32. The lowest BCUT2D eigenvalue weighted by atomic mass is 9.86. The summed E-state index contributed by atoms with van der Waals surface area (Å²) in [6, 6.07) is 10.1. The van der Waals surface area contributed by atoms with Gasteiger partial charge < -0.3 is 14.3 Å². The summed E-state index contributed by atoms with van der Waals surface area (Å²) in [6.07, 6.45) is 5.85. The third-order valence-electron chi connectivity index (χ3n) is 4.86. The van der Waals surface area contributed by atoms with Gasteiger partial charge in [0.1, 0.15) is 12.1 Å². The number of hydrogen-bond acceptors (Lipinski definition) is 4. The third-order valence-corrected chi connectivity index (χ3v) is 5.19. The molecule has 1 aliphatic rings. The molecule has 3 aromatic rings. The predicted octanol–water partition coefficient (Wildman–Crippen LogP) is 5.72. The lowest BCUT2D eigenvalue weighted by Crippen LogP contribution is -2.11. The number of carboxylic acid groups (broad SMARTS) is 1. The van der Waals surface area contributed by atoms with Crippen molar-refractivity contribution < 1.29 is 21.8 Å². The molecule has 1 aromatic carbocycles. The smallest absolute Gasteiger partial charge is 0.303 e. The number of pyridine rings is 1. The Bertz CT molecular complexity index is 1130. The van der Waals surface area contributed by atoms with E-state index in [1.807, 2.05) is 12.1 Å². The van der Waals surface area contributed by atoms with E-state index >= 15 is 0 Å². The van der Waals surface area contributed by atoms with Crippen molar-refractivity contribution in [2.75, 3.05) is 0 Å². The van der Waals surface area contributed by atoms with Gasteiger partial charge in [-0.15, -0.1) is 0 Å². The molecule has 0 saturated heterocycles. The summed E-state index contributed by atoms with van der Waals surface area (Å²) in [5, 5.41) is 10.0. The van der Waals surface area contributed by atoms with Crippen molar-refractivity contribution in [2.45, 2.75) is 32.2 Å². The summed E-state index contributed by atoms with van der Waals surface area (Å²) in [6.45, 7) is -2.18. The lowest BCUT2D eigenvalue weighted by Gasteiger charge is -2.20. The summed E-state index contributed by atoms with van der Waals surface area (Å²) in [4.78, 5) is 15.4. The molecule has 0 spiro atoms. The number of furan rings is 1. The number of allylic oxidation sites excluding steroid dienone is 2. The monoisotopic (exact) mass is 399 g/mol. The summed E-state index contributed by atoms with van der Waals surface area (Å²) in [5.74, 6) is -0.485. The fraction of sp³-hybridized carbons (Fsp3) is 0.273. The van der Waals surface area contributed by atoms with Crippen molar-refractivity contribution in [3.05, 3.63) is 65.0 Å². The Hall–Kier alpha value is -2.79. The second kappa shape index (κ2) is 8.07. The molecule has 1 unspecified atom stereocenters. The van der Waals surface area contributed by atoms with E-state index < -0.39 is 12.5 Å². The second-order valence-corrected chi connectivity index (χ2v) is 7.20. The standard InChI is InChI=1S/C22H20ClNO4/c23-18-9-8-16(22-17(18)10-11-27-22)13-28-20-3-1-2-19(24-20)15-6-4-14(5-7-15)12-21(25)26/h1-3,6,8-11,14H,4-5,7,12-13H2,(H,25,26)/i13D2. The molecule has 6 heteroatoms. The van der Waals surface area contributed by atoms with Gasteiger partial charge in [-0.2, -0.15) is 0 Å². The Labute approximate surface area is 170 Å². The van der Waals surface area contributed by atoms with Gasteiger partial charge in [-0.1, -0.05) is 29.8 Å². The molecule has 0 aliphatic heterocycles. The molecule has 0 radical (unpaired) electrons. The Morgan fingerprint density at radius 1 is 1.36 bits per heavy atom. The van der Waals surface area contributed by atoms with E-state index in [1.54, 1.807) is 30.3 Å². The van der Waals surface area contributed by atoms with E-state index in [1.165, 1.54) is 6.26 Å². The van der Waals surface area contributed by atoms with E-state index in [-0.39, 0.29) is 23.8 Å². The van der Waals surface area contributed by atoms with E-state index in [0.717, 1.165) is 18.4 Å². The molecular formula is C22H20ClNO4. The van der Waals surface area contributed by atoms with E-state index in [0.29, 0.717) is 28.1 Å². The van der Waals surface area contributed by atoms with Gasteiger partial charge in [-0.25, -0.2) is 4.98 Å². The fourth-order valence-electron chi connectivity index (χ4n) is 3.42. The molecule has 2 aromatic heterocycles. The first-order valence-electron chi connectivity index (χ1n) is 10.1. The molecule has 0 bridgehead atoms. The molecule has 0 saturated carbocycles. The molecule has 4 rings (SSSR count). The molecule has 144 valence electrons. The van der Waals surface area contributed by atoms with Gasteiger partial charge in [0.15, 0.2) is 0 Å².